The predicted molar refractivity (Wildman–Crippen MR) is 73.0 cm³/mol. The average Bonchev–Trinajstić information content (AvgIpc) is 2.38. The predicted octanol–water partition coefficient (Wildman–Crippen LogP) is 2.13. The third kappa shape index (κ3) is 4.30. The molecule has 0 spiro atoms. The van der Waals surface area contributed by atoms with Crippen molar-refractivity contribution in [1.82, 2.24) is 10.2 Å². The van der Waals surface area contributed by atoms with Crippen LogP contribution in [0.5, 0.6) is 0 Å². The normalized spacial score (nSPS) is 20.2. The van der Waals surface area contributed by atoms with Gasteiger partial charge < -0.3 is 10.2 Å². The Labute approximate surface area is 114 Å². The van der Waals surface area contributed by atoms with Gasteiger partial charge in [-0.25, -0.2) is 4.39 Å². The van der Waals surface area contributed by atoms with E-state index >= 15 is 0 Å². The first-order chi connectivity index (χ1) is 9.17. The SMILES string of the molecule is CN1CCCC(CNCc2cc(F)cc(C#N)c2)C1. The highest BCUT2D eigenvalue weighted by Gasteiger charge is 2.16. The summed E-state index contributed by atoms with van der Waals surface area (Å²) in [4.78, 5) is 2.35. The highest BCUT2D eigenvalue weighted by atomic mass is 19.1. The number of nitriles is 1. The van der Waals surface area contributed by atoms with E-state index in [9.17, 15) is 4.39 Å². The van der Waals surface area contributed by atoms with Crippen molar-refractivity contribution < 1.29 is 4.39 Å². The van der Waals surface area contributed by atoms with Crippen molar-refractivity contribution in [1.29, 1.82) is 5.26 Å². The van der Waals surface area contributed by atoms with Gasteiger partial charge in [-0.1, -0.05) is 0 Å². The summed E-state index contributed by atoms with van der Waals surface area (Å²) in [5, 5.41) is 12.2. The van der Waals surface area contributed by atoms with Crippen molar-refractivity contribution in [3.63, 3.8) is 0 Å². The molecule has 1 atom stereocenters. The van der Waals surface area contributed by atoms with Gasteiger partial charge in [0.1, 0.15) is 5.82 Å². The maximum absolute atomic E-state index is 13.3. The zero-order valence-corrected chi connectivity index (χ0v) is 11.3. The monoisotopic (exact) mass is 261 g/mol. The number of nitrogens with zero attached hydrogens (tertiary/aromatic N) is 2. The minimum absolute atomic E-state index is 0.340. The number of hydrogen-bond acceptors (Lipinski definition) is 3. The molecule has 1 aliphatic rings. The van der Waals surface area contributed by atoms with Crippen LogP contribution in [0, 0.1) is 23.1 Å². The van der Waals surface area contributed by atoms with E-state index in [4.69, 9.17) is 5.26 Å². The van der Waals surface area contributed by atoms with Gasteiger partial charge >= 0.3 is 0 Å². The molecule has 1 fully saturated rings. The summed E-state index contributed by atoms with van der Waals surface area (Å²) < 4.78 is 13.3. The second-order valence-corrected chi connectivity index (χ2v) is 5.36. The fourth-order valence-electron chi connectivity index (χ4n) is 2.68. The van der Waals surface area contributed by atoms with E-state index in [-0.39, 0.29) is 5.82 Å². The molecular formula is C15H20FN3. The molecule has 4 heteroatoms. The Kier molecular flexibility index (Phi) is 4.89. The minimum atomic E-state index is -0.340. The molecule has 19 heavy (non-hydrogen) atoms. The van der Waals surface area contributed by atoms with E-state index < -0.39 is 0 Å². The molecule has 1 aromatic carbocycles. The van der Waals surface area contributed by atoms with Crippen LogP contribution < -0.4 is 5.32 Å². The van der Waals surface area contributed by atoms with Gasteiger partial charge in [-0.15, -0.1) is 0 Å². The van der Waals surface area contributed by atoms with E-state index in [0.717, 1.165) is 18.7 Å². The van der Waals surface area contributed by atoms with Crippen molar-refractivity contribution >= 4 is 0 Å². The summed E-state index contributed by atoms with van der Waals surface area (Å²) in [6, 6.07) is 6.47. The summed E-state index contributed by atoms with van der Waals surface area (Å²) in [5.74, 6) is 0.330. The first-order valence-electron chi connectivity index (χ1n) is 6.76. The molecule has 0 amide bonds. The van der Waals surface area contributed by atoms with Crippen LogP contribution >= 0.6 is 0 Å². The van der Waals surface area contributed by atoms with Gasteiger partial charge in [-0.05, 0) is 62.7 Å². The Bertz CT molecular complexity index is 467. The number of benzene rings is 1. The van der Waals surface area contributed by atoms with Gasteiger partial charge in [0.05, 0.1) is 11.6 Å². The summed E-state index contributed by atoms with van der Waals surface area (Å²) >= 11 is 0. The third-order valence-electron chi connectivity index (χ3n) is 3.57. The lowest BCUT2D eigenvalue weighted by molar-refractivity contribution is 0.206. The van der Waals surface area contributed by atoms with Crippen LogP contribution in [0.2, 0.25) is 0 Å². The van der Waals surface area contributed by atoms with E-state index in [2.05, 4.69) is 17.3 Å². The Morgan fingerprint density at radius 3 is 3.05 bits per heavy atom. The van der Waals surface area contributed by atoms with E-state index in [1.54, 1.807) is 6.07 Å². The van der Waals surface area contributed by atoms with Gasteiger partial charge in [0.15, 0.2) is 0 Å². The van der Waals surface area contributed by atoms with Gasteiger partial charge in [0.2, 0.25) is 0 Å². The molecule has 1 N–H and O–H groups in total. The van der Waals surface area contributed by atoms with E-state index in [1.807, 2.05) is 6.07 Å². The molecule has 2 rings (SSSR count). The maximum Gasteiger partial charge on any atom is 0.124 e. The summed E-state index contributed by atoms with van der Waals surface area (Å²) in [7, 11) is 2.15. The number of rotatable bonds is 4. The molecule has 1 saturated heterocycles. The largest absolute Gasteiger partial charge is 0.312 e. The second-order valence-electron chi connectivity index (χ2n) is 5.36. The molecular weight excluding hydrogens is 241 g/mol. The number of piperidine rings is 1. The Morgan fingerprint density at radius 2 is 2.32 bits per heavy atom. The molecule has 1 heterocycles. The highest BCUT2D eigenvalue weighted by molar-refractivity contribution is 5.33. The van der Waals surface area contributed by atoms with E-state index in [0.29, 0.717) is 18.0 Å². The highest BCUT2D eigenvalue weighted by Crippen LogP contribution is 2.14. The van der Waals surface area contributed by atoms with Gasteiger partial charge in [0, 0.05) is 13.1 Å². The fourth-order valence-corrected chi connectivity index (χ4v) is 2.68. The van der Waals surface area contributed by atoms with Crippen LogP contribution in [0.3, 0.4) is 0 Å². The Hall–Kier alpha value is -1.44. The van der Waals surface area contributed by atoms with Crippen LogP contribution in [-0.4, -0.2) is 31.6 Å². The number of halogens is 1. The molecule has 0 aliphatic carbocycles. The molecule has 0 radical (unpaired) electrons. The number of nitrogens with one attached hydrogen (secondary N) is 1. The number of likely N-dealkylation sites (tertiary alicyclic amines) is 1. The van der Waals surface area contributed by atoms with Gasteiger partial charge in [-0.3, -0.25) is 0 Å². The molecule has 1 aliphatic heterocycles. The third-order valence-corrected chi connectivity index (χ3v) is 3.57. The molecule has 1 aromatic rings. The lowest BCUT2D eigenvalue weighted by atomic mass is 9.98. The van der Waals surface area contributed by atoms with Crippen LogP contribution in [-0.2, 0) is 6.54 Å². The Balaban J connectivity index is 1.82. The number of hydrogen-bond donors (Lipinski definition) is 1. The quantitative estimate of drug-likeness (QED) is 0.902. The Morgan fingerprint density at radius 1 is 1.47 bits per heavy atom. The van der Waals surface area contributed by atoms with Crippen molar-refractivity contribution in [3.05, 3.63) is 35.1 Å². The van der Waals surface area contributed by atoms with Crippen molar-refractivity contribution in [2.24, 2.45) is 5.92 Å². The molecule has 102 valence electrons. The minimum Gasteiger partial charge on any atom is -0.312 e. The topological polar surface area (TPSA) is 39.1 Å². The zero-order chi connectivity index (χ0) is 13.7. The summed E-state index contributed by atoms with van der Waals surface area (Å²) in [5.41, 5.74) is 1.22. The molecule has 1 unspecified atom stereocenters. The van der Waals surface area contributed by atoms with Crippen molar-refractivity contribution in [3.8, 4) is 6.07 Å². The molecule has 0 aromatic heterocycles. The van der Waals surface area contributed by atoms with Gasteiger partial charge in [-0.2, -0.15) is 5.26 Å². The van der Waals surface area contributed by atoms with Gasteiger partial charge in [0.25, 0.3) is 0 Å². The van der Waals surface area contributed by atoms with Crippen molar-refractivity contribution in [2.75, 3.05) is 26.7 Å². The maximum atomic E-state index is 13.3. The van der Waals surface area contributed by atoms with Crippen molar-refractivity contribution in [2.45, 2.75) is 19.4 Å². The molecule has 0 bridgehead atoms. The average molecular weight is 261 g/mol. The van der Waals surface area contributed by atoms with Crippen LogP contribution in [0.25, 0.3) is 0 Å². The first kappa shape index (κ1) is 14.0. The van der Waals surface area contributed by atoms with Crippen LogP contribution in [0.15, 0.2) is 18.2 Å². The standard InChI is InChI=1S/C15H20FN3/c1-19-4-2-3-12(11-19)9-18-10-14-5-13(8-17)6-15(16)7-14/h5-7,12,18H,2-4,9-11H2,1H3. The smallest absolute Gasteiger partial charge is 0.124 e. The summed E-state index contributed by atoms with van der Waals surface area (Å²) in [6.07, 6.45) is 2.51. The first-order valence-corrected chi connectivity index (χ1v) is 6.76. The van der Waals surface area contributed by atoms with E-state index in [1.165, 1.54) is 31.5 Å². The van der Waals surface area contributed by atoms with Crippen LogP contribution in [0.4, 0.5) is 4.39 Å². The lowest BCUT2D eigenvalue weighted by Gasteiger charge is -2.29. The molecule has 0 saturated carbocycles. The zero-order valence-electron chi connectivity index (χ0n) is 11.3. The molecule has 3 nitrogen and oxygen atoms in total. The lowest BCUT2D eigenvalue weighted by Crippen LogP contribution is -2.37. The summed E-state index contributed by atoms with van der Waals surface area (Å²) in [6.45, 7) is 3.88. The van der Waals surface area contributed by atoms with Crippen LogP contribution in [0.1, 0.15) is 24.0 Å². The second kappa shape index (κ2) is 6.65. The fraction of sp³-hybridized carbons (Fsp3) is 0.533.